The number of piperidine rings is 1. The summed E-state index contributed by atoms with van der Waals surface area (Å²) in [5.74, 6) is -5.99. The second-order valence-corrected chi connectivity index (χ2v) is 26.0. The van der Waals surface area contributed by atoms with Gasteiger partial charge in [0, 0.05) is 76.0 Å². The summed E-state index contributed by atoms with van der Waals surface area (Å²) in [5.41, 5.74) is 4.74. The molecule has 7 rings (SSSR count). The minimum absolute atomic E-state index is 0.0288. The molecule has 36 heteroatoms. The molecule has 628 valence electrons. The number of carbonyl (C=O) groups excluding carboxylic acids is 12. The maximum absolute atomic E-state index is 13.5. The number of benzene rings is 4. The lowest BCUT2D eigenvalue weighted by molar-refractivity contribution is -0.146. The standard InChI is InChI=1S/C79H107N11O25/c1-103-26-27-105-30-31-107-34-35-109-38-39-111-42-43-113-46-47-114-45-44-112-41-40-110-37-36-108-33-32-106-29-28-104-25-23-68(91)80-24-5-8-67(90-73(96)21-22-74(90)97)76(99)84-53-71(94)82-54-72(95)87-65(49-57-6-3-2-4-7-57)75(98)83-52-70(93)81-50-58-9-11-59(12-10-58)56-115-63-16-14-62(15-17-63)86-79(102)85-51-60-13-18-64-61(48-60)55-89(78(64)101)66-19-20-69(92)88-77(66)100/h2-4,6-7,9-18,21-22,48,65-67H,5,8,19-20,23-47,49-56H2,1H3,(H,80,91)(H,81,93)(H,82,94)(H,83,98)(H,84,99)(H,87,95)(H2,85,86,102)(H,88,92,100)/t65-,66?,67+/m0/s1. The van der Waals surface area contributed by atoms with Crippen molar-refractivity contribution in [1.82, 2.24) is 52.3 Å². The Labute approximate surface area is 667 Å². The van der Waals surface area contributed by atoms with Gasteiger partial charge in [0.15, 0.2) is 0 Å². The second-order valence-electron chi connectivity index (χ2n) is 26.0. The summed E-state index contributed by atoms with van der Waals surface area (Å²) in [5, 5.41) is 23.3. The first-order valence-electron chi connectivity index (χ1n) is 38.2. The number of amides is 13. The van der Waals surface area contributed by atoms with Gasteiger partial charge in [-0.1, -0.05) is 66.7 Å². The van der Waals surface area contributed by atoms with Gasteiger partial charge in [-0.25, -0.2) is 4.79 Å². The fourth-order valence-electron chi connectivity index (χ4n) is 11.4. The normalized spacial score (nSPS) is 14.2. The van der Waals surface area contributed by atoms with E-state index in [-0.39, 0.29) is 109 Å². The van der Waals surface area contributed by atoms with Gasteiger partial charge in [0.1, 0.15) is 30.5 Å². The Hall–Kier alpha value is -10.2. The van der Waals surface area contributed by atoms with Gasteiger partial charge in [0.25, 0.3) is 17.7 Å². The van der Waals surface area contributed by atoms with Crippen molar-refractivity contribution in [2.24, 2.45) is 0 Å². The predicted octanol–water partition coefficient (Wildman–Crippen LogP) is 0.450. The van der Waals surface area contributed by atoms with Crippen LogP contribution < -0.4 is 52.6 Å². The molecule has 1 saturated heterocycles. The first kappa shape index (κ1) is 92.0. The van der Waals surface area contributed by atoms with Crippen LogP contribution >= 0.6 is 0 Å². The van der Waals surface area contributed by atoms with Gasteiger partial charge >= 0.3 is 6.03 Å². The first-order valence-corrected chi connectivity index (χ1v) is 38.2. The lowest BCUT2D eigenvalue weighted by Gasteiger charge is -2.29. The highest BCUT2D eigenvalue weighted by Gasteiger charge is 2.40. The van der Waals surface area contributed by atoms with Crippen molar-refractivity contribution in [2.75, 3.05) is 191 Å². The zero-order chi connectivity index (χ0) is 81.9. The Morgan fingerprint density at radius 3 is 1.53 bits per heavy atom. The van der Waals surface area contributed by atoms with Crippen LogP contribution in [0.25, 0.3) is 0 Å². The number of ether oxygens (including phenoxy) is 13. The van der Waals surface area contributed by atoms with Crippen molar-refractivity contribution in [3.05, 3.63) is 143 Å². The molecule has 0 radical (unpaired) electrons. The van der Waals surface area contributed by atoms with Gasteiger partial charge in [-0.15, -0.1) is 0 Å². The van der Waals surface area contributed by atoms with Crippen LogP contribution in [0.2, 0.25) is 0 Å². The molecule has 13 amide bonds. The van der Waals surface area contributed by atoms with Crippen molar-refractivity contribution < 1.29 is 119 Å². The third kappa shape index (κ3) is 36.9. The lowest BCUT2D eigenvalue weighted by Crippen LogP contribution is -2.53. The molecule has 0 spiro atoms. The summed E-state index contributed by atoms with van der Waals surface area (Å²) < 4.78 is 71.1. The molecule has 4 aromatic carbocycles. The monoisotopic (exact) mass is 1610 g/mol. The van der Waals surface area contributed by atoms with Crippen molar-refractivity contribution in [1.29, 1.82) is 0 Å². The van der Waals surface area contributed by atoms with Crippen molar-refractivity contribution in [3.8, 4) is 5.75 Å². The molecule has 0 aliphatic carbocycles. The smallest absolute Gasteiger partial charge is 0.319 e. The summed E-state index contributed by atoms with van der Waals surface area (Å²) in [6.45, 7) is 8.83. The topological polar surface area (TPSA) is 440 Å². The van der Waals surface area contributed by atoms with Gasteiger partial charge in [-0.3, -0.25) is 63.0 Å². The number of hydrogen-bond acceptors (Lipinski definition) is 25. The zero-order valence-corrected chi connectivity index (χ0v) is 64.9. The van der Waals surface area contributed by atoms with Crippen molar-refractivity contribution in [3.63, 3.8) is 0 Å². The molecule has 0 bridgehead atoms. The van der Waals surface area contributed by atoms with Gasteiger partial charge in [0.2, 0.25) is 47.3 Å². The molecule has 3 aliphatic rings. The Morgan fingerprint density at radius 2 is 0.983 bits per heavy atom. The number of carbonyl (C=O) groups is 12. The number of fused-ring (bicyclic) bond motifs is 1. The summed E-state index contributed by atoms with van der Waals surface area (Å²) >= 11 is 0. The highest BCUT2D eigenvalue weighted by molar-refractivity contribution is 6.15. The molecule has 115 heavy (non-hydrogen) atoms. The molecule has 3 heterocycles. The third-order valence-corrected chi connectivity index (χ3v) is 17.4. The number of nitrogens with zero attached hydrogens (tertiary/aromatic N) is 2. The number of urea groups is 1. The van der Waals surface area contributed by atoms with Gasteiger partial charge in [0.05, 0.1) is 172 Å². The fourth-order valence-corrected chi connectivity index (χ4v) is 11.4. The van der Waals surface area contributed by atoms with Crippen molar-refractivity contribution >= 4 is 76.7 Å². The van der Waals surface area contributed by atoms with Crippen LogP contribution in [0.3, 0.4) is 0 Å². The quantitative estimate of drug-likeness (QED) is 0.0214. The minimum atomic E-state index is -1.34. The van der Waals surface area contributed by atoms with E-state index in [1.54, 1.807) is 73.8 Å². The molecule has 0 saturated carbocycles. The SMILES string of the molecule is COCCOCCOCCOCCOCCOCCOCCOCCOCCOCCOCCOCCC(=O)NCCC[C@H](C(=O)NCC(=O)NCC(=O)N[C@@H](Cc1ccccc1)C(=O)NCC(=O)NCc1ccc(COc2ccc(NC(=O)NCc3ccc4c(c3)CN(C3CCC(=O)NC3=O)C4=O)cc2)cc1)N1C(=O)C=CC1=O. The van der Waals surface area contributed by atoms with E-state index < -0.39 is 91.0 Å². The fraction of sp³-hybridized carbons (Fsp3) is 0.519. The number of rotatable bonds is 61. The molecular formula is C79H107N11O25. The van der Waals surface area contributed by atoms with Crippen LogP contribution in [-0.4, -0.2) is 284 Å². The maximum Gasteiger partial charge on any atom is 0.319 e. The number of nitrogens with one attached hydrogen (secondary N) is 9. The van der Waals surface area contributed by atoms with E-state index >= 15 is 0 Å². The number of methoxy groups -OCH3 is 1. The van der Waals surface area contributed by atoms with Crippen LogP contribution in [-0.2, 0) is 137 Å². The molecule has 0 aromatic heterocycles. The highest BCUT2D eigenvalue weighted by Crippen LogP contribution is 2.29. The Bertz CT molecular complexity index is 3710. The van der Waals surface area contributed by atoms with Crippen LogP contribution in [0.15, 0.2) is 109 Å². The molecule has 3 aliphatic heterocycles. The summed E-state index contributed by atoms with van der Waals surface area (Å²) in [4.78, 5) is 156. The molecule has 1 fully saturated rings. The minimum Gasteiger partial charge on any atom is -0.489 e. The zero-order valence-electron chi connectivity index (χ0n) is 64.9. The molecule has 1 unspecified atom stereocenters. The number of anilines is 1. The van der Waals surface area contributed by atoms with Crippen LogP contribution in [0, 0.1) is 0 Å². The molecule has 4 aromatic rings. The van der Waals surface area contributed by atoms with E-state index in [0.717, 1.165) is 39.3 Å². The molecule has 9 N–H and O–H groups in total. The Morgan fingerprint density at radius 1 is 0.487 bits per heavy atom. The van der Waals surface area contributed by atoms with E-state index in [1.807, 2.05) is 30.3 Å². The van der Waals surface area contributed by atoms with Gasteiger partial charge < -0.3 is 109 Å². The van der Waals surface area contributed by atoms with Gasteiger partial charge in [-0.2, -0.15) is 0 Å². The maximum atomic E-state index is 13.5. The van der Waals surface area contributed by atoms with E-state index in [4.69, 9.17) is 61.6 Å². The highest BCUT2D eigenvalue weighted by atomic mass is 16.6. The largest absolute Gasteiger partial charge is 0.489 e. The predicted molar refractivity (Wildman–Crippen MR) is 411 cm³/mol. The number of imide groups is 2. The van der Waals surface area contributed by atoms with E-state index in [2.05, 4.69) is 47.9 Å². The van der Waals surface area contributed by atoms with E-state index in [9.17, 15) is 57.5 Å². The molecule has 36 nitrogen and oxygen atoms in total. The average molecular weight is 1610 g/mol. The molecular weight excluding hydrogens is 1500 g/mol. The molecule has 3 atom stereocenters. The van der Waals surface area contributed by atoms with Crippen LogP contribution in [0.4, 0.5) is 10.5 Å². The van der Waals surface area contributed by atoms with Gasteiger partial charge in [-0.05, 0) is 77.4 Å². The van der Waals surface area contributed by atoms with Crippen LogP contribution in [0.5, 0.6) is 5.75 Å². The van der Waals surface area contributed by atoms with E-state index in [1.165, 1.54) is 4.90 Å². The van der Waals surface area contributed by atoms with E-state index in [0.29, 0.717) is 155 Å². The Balaban J connectivity index is 0.668. The lowest BCUT2D eigenvalue weighted by atomic mass is 10.0. The summed E-state index contributed by atoms with van der Waals surface area (Å²) in [7, 11) is 1.63. The summed E-state index contributed by atoms with van der Waals surface area (Å²) in [6.07, 6.45) is 2.61. The summed E-state index contributed by atoms with van der Waals surface area (Å²) in [6, 6.07) is 24.4. The second kappa shape index (κ2) is 54.5. The number of hydrogen-bond donors (Lipinski definition) is 9. The van der Waals surface area contributed by atoms with Crippen LogP contribution in [0.1, 0.15) is 70.3 Å². The average Bonchev–Trinajstić information content (AvgIpc) is 1.63. The first-order chi connectivity index (χ1) is 56.0. The third-order valence-electron chi connectivity index (χ3n) is 17.4. The Kier molecular flexibility index (Phi) is 43.6. The van der Waals surface area contributed by atoms with Crippen molar-refractivity contribution in [2.45, 2.75) is 82.9 Å².